The van der Waals surface area contributed by atoms with E-state index in [9.17, 15) is 0 Å². The smallest absolute Gasteiger partial charge is 0.122 e. The van der Waals surface area contributed by atoms with Gasteiger partial charge in [-0.1, -0.05) is 0 Å². The number of hydrogen-bond acceptors (Lipinski definition) is 3. The van der Waals surface area contributed by atoms with Gasteiger partial charge in [-0.15, -0.1) is 11.3 Å². The van der Waals surface area contributed by atoms with E-state index in [0.717, 1.165) is 12.4 Å². The van der Waals surface area contributed by atoms with Gasteiger partial charge in [0.05, 0.1) is 6.54 Å². The Kier molecular flexibility index (Phi) is 3.41. The molecule has 2 aromatic rings. The van der Waals surface area contributed by atoms with E-state index in [0.29, 0.717) is 6.04 Å². The van der Waals surface area contributed by atoms with Crippen molar-refractivity contribution < 1.29 is 0 Å². The molecule has 4 heteroatoms. The predicted octanol–water partition coefficient (Wildman–Crippen LogP) is 2.64. The van der Waals surface area contributed by atoms with E-state index in [1.165, 1.54) is 10.4 Å². The SMILES string of the molecule is Cc1ccsc1C(C)NCc1nccn1C. The van der Waals surface area contributed by atoms with Crippen molar-refractivity contribution in [3.05, 3.63) is 40.1 Å². The first kappa shape index (κ1) is 11.4. The first-order chi connectivity index (χ1) is 7.68. The van der Waals surface area contributed by atoms with Crippen molar-refractivity contribution in [3.63, 3.8) is 0 Å². The average Bonchev–Trinajstić information content (AvgIpc) is 2.84. The molecule has 0 saturated heterocycles. The summed E-state index contributed by atoms with van der Waals surface area (Å²) in [6.45, 7) is 5.16. The van der Waals surface area contributed by atoms with Crippen molar-refractivity contribution in [2.45, 2.75) is 26.4 Å². The van der Waals surface area contributed by atoms with Crippen LogP contribution in [0.3, 0.4) is 0 Å². The number of rotatable bonds is 4. The molecule has 0 fully saturated rings. The summed E-state index contributed by atoms with van der Waals surface area (Å²) in [4.78, 5) is 5.71. The van der Waals surface area contributed by atoms with Gasteiger partial charge in [-0.2, -0.15) is 0 Å². The predicted molar refractivity (Wildman–Crippen MR) is 67.5 cm³/mol. The van der Waals surface area contributed by atoms with E-state index in [4.69, 9.17) is 0 Å². The van der Waals surface area contributed by atoms with Crippen LogP contribution in [0.4, 0.5) is 0 Å². The number of thiophene rings is 1. The summed E-state index contributed by atoms with van der Waals surface area (Å²) in [6.07, 6.45) is 3.80. The minimum Gasteiger partial charge on any atom is -0.337 e. The second-order valence-electron chi connectivity index (χ2n) is 4.02. The van der Waals surface area contributed by atoms with Gasteiger partial charge in [0.25, 0.3) is 0 Å². The molecule has 16 heavy (non-hydrogen) atoms. The second-order valence-corrected chi connectivity index (χ2v) is 4.97. The van der Waals surface area contributed by atoms with Gasteiger partial charge < -0.3 is 9.88 Å². The van der Waals surface area contributed by atoms with Crippen molar-refractivity contribution in [1.82, 2.24) is 14.9 Å². The Labute approximate surface area is 100 Å². The zero-order chi connectivity index (χ0) is 11.5. The van der Waals surface area contributed by atoms with Gasteiger partial charge in [0.2, 0.25) is 0 Å². The number of hydrogen-bond donors (Lipinski definition) is 1. The largest absolute Gasteiger partial charge is 0.337 e. The monoisotopic (exact) mass is 235 g/mol. The van der Waals surface area contributed by atoms with Crippen LogP contribution in [0.25, 0.3) is 0 Å². The number of aromatic nitrogens is 2. The molecule has 3 nitrogen and oxygen atoms in total. The van der Waals surface area contributed by atoms with Crippen molar-refractivity contribution in [2.24, 2.45) is 7.05 Å². The summed E-state index contributed by atoms with van der Waals surface area (Å²) in [5.74, 6) is 1.07. The van der Waals surface area contributed by atoms with Crippen LogP contribution in [0.2, 0.25) is 0 Å². The molecule has 0 amide bonds. The quantitative estimate of drug-likeness (QED) is 0.883. The lowest BCUT2D eigenvalue weighted by atomic mass is 10.2. The molecule has 1 N–H and O–H groups in total. The molecule has 0 aliphatic rings. The normalized spacial score (nSPS) is 12.9. The van der Waals surface area contributed by atoms with Gasteiger partial charge in [-0.05, 0) is 30.9 Å². The second kappa shape index (κ2) is 4.80. The molecule has 1 atom stereocenters. The first-order valence-electron chi connectivity index (χ1n) is 5.42. The molecule has 0 bridgehead atoms. The van der Waals surface area contributed by atoms with E-state index in [1.54, 1.807) is 0 Å². The lowest BCUT2D eigenvalue weighted by Gasteiger charge is -2.13. The highest BCUT2D eigenvalue weighted by Gasteiger charge is 2.09. The molecule has 2 rings (SSSR count). The number of nitrogens with zero attached hydrogens (tertiary/aromatic N) is 2. The average molecular weight is 235 g/mol. The Morgan fingerprint density at radius 1 is 1.56 bits per heavy atom. The number of nitrogens with one attached hydrogen (secondary N) is 1. The molecular formula is C12H17N3S. The van der Waals surface area contributed by atoms with Crippen LogP contribution >= 0.6 is 11.3 Å². The summed E-state index contributed by atoms with van der Waals surface area (Å²) in [6, 6.07) is 2.55. The molecule has 0 saturated carbocycles. The van der Waals surface area contributed by atoms with Crippen LogP contribution in [-0.2, 0) is 13.6 Å². The summed E-state index contributed by atoms with van der Waals surface area (Å²) in [5.41, 5.74) is 1.37. The summed E-state index contributed by atoms with van der Waals surface area (Å²) in [5, 5.41) is 5.64. The van der Waals surface area contributed by atoms with Crippen LogP contribution < -0.4 is 5.32 Å². The molecule has 2 heterocycles. The highest BCUT2D eigenvalue weighted by Crippen LogP contribution is 2.23. The first-order valence-corrected chi connectivity index (χ1v) is 6.30. The van der Waals surface area contributed by atoms with E-state index in [-0.39, 0.29) is 0 Å². The van der Waals surface area contributed by atoms with Gasteiger partial charge in [0.15, 0.2) is 0 Å². The molecular weight excluding hydrogens is 218 g/mol. The molecule has 0 spiro atoms. The van der Waals surface area contributed by atoms with Gasteiger partial charge in [-0.25, -0.2) is 4.98 Å². The molecule has 2 aromatic heterocycles. The minimum absolute atomic E-state index is 0.386. The molecule has 0 radical (unpaired) electrons. The van der Waals surface area contributed by atoms with Gasteiger partial charge in [0, 0.05) is 30.4 Å². The maximum absolute atomic E-state index is 4.30. The van der Waals surface area contributed by atoms with Crippen LogP contribution in [0, 0.1) is 6.92 Å². The van der Waals surface area contributed by atoms with Crippen molar-refractivity contribution in [3.8, 4) is 0 Å². The Balaban J connectivity index is 1.97. The summed E-state index contributed by atoms with van der Waals surface area (Å²) < 4.78 is 2.04. The van der Waals surface area contributed by atoms with Gasteiger partial charge in [-0.3, -0.25) is 0 Å². The fourth-order valence-corrected chi connectivity index (χ4v) is 2.69. The van der Waals surface area contributed by atoms with Crippen molar-refractivity contribution in [2.75, 3.05) is 0 Å². The molecule has 86 valence electrons. The fourth-order valence-electron chi connectivity index (χ4n) is 1.73. The highest BCUT2D eigenvalue weighted by molar-refractivity contribution is 7.10. The third-order valence-corrected chi connectivity index (χ3v) is 3.98. The standard InChI is InChI=1S/C12H17N3S/c1-9-4-7-16-12(9)10(2)14-8-11-13-5-6-15(11)3/h4-7,10,14H,8H2,1-3H3. The molecule has 0 aliphatic heterocycles. The lowest BCUT2D eigenvalue weighted by molar-refractivity contribution is 0.554. The van der Waals surface area contributed by atoms with Crippen LogP contribution in [0.1, 0.15) is 29.2 Å². The molecule has 0 aliphatic carbocycles. The van der Waals surface area contributed by atoms with Crippen molar-refractivity contribution >= 4 is 11.3 Å². The Hall–Kier alpha value is -1.13. The van der Waals surface area contributed by atoms with E-state index < -0.39 is 0 Å². The van der Waals surface area contributed by atoms with E-state index >= 15 is 0 Å². The van der Waals surface area contributed by atoms with Crippen LogP contribution in [0.15, 0.2) is 23.8 Å². The highest BCUT2D eigenvalue weighted by atomic mass is 32.1. The maximum Gasteiger partial charge on any atom is 0.122 e. The zero-order valence-corrected chi connectivity index (χ0v) is 10.7. The fraction of sp³-hybridized carbons (Fsp3) is 0.417. The Morgan fingerprint density at radius 3 is 2.94 bits per heavy atom. The zero-order valence-electron chi connectivity index (χ0n) is 9.90. The van der Waals surface area contributed by atoms with E-state index in [1.807, 2.05) is 35.3 Å². The third-order valence-electron chi connectivity index (χ3n) is 2.78. The van der Waals surface area contributed by atoms with Crippen LogP contribution in [0.5, 0.6) is 0 Å². The topological polar surface area (TPSA) is 29.9 Å². The number of imidazole rings is 1. The van der Waals surface area contributed by atoms with Crippen LogP contribution in [-0.4, -0.2) is 9.55 Å². The minimum atomic E-state index is 0.386. The Bertz CT molecular complexity index is 458. The summed E-state index contributed by atoms with van der Waals surface area (Å²) >= 11 is 1.81. The van der Waals surface area contributed by atoms with Gasteiger partial charge in [0.1, 0.15) is 5.82 Å². The molecule has 0 aromatic carbocycles. The number of aryl methyl sites for hydroxylation is 2. The Morgan fingerprint density at radius 2 is 2.38 bits per heavy atom. The third kappa shape index (κ3) is 2.33. The summed E-state index contributed by atoms with van der Waals surface area (Å²) in [7, 11) is 2.02. The van der Waals surface area contributed by atoms with Crippen molar-refractivity contribution in [1.29, 1.82) is 0 Å². The molecule has 1 unspecified atom stereocenters. The lowest BCUT2D eigenvalue weighted by Crippen LogP contribution is -2.19. The van der Waals surface area contributed by atoms with E-state index in [2.05, 4.69) is 35.6 Å². The van der Waals surface area contributed by atoms with Gasteiger partial charge >= 0.3 is 0 Å². The maximum atomic E-state index is 4.30.